The number of rotatable bonds is 7. The predicted octanol–water partition coefficient (Wildman–Crippen LogP) is 3.14. The van der Waals surface area contributed by atoms with E-state index in [1.165, 1.54) is 18.2 Å². The summed E-state index contributed by atoms with van der Waals surface area (Å²) in [6.45, 7) is 5.36. The predicted molar refractivity (Wildman–Crippen MR) is 87.1 cm³/mol. The minimum absolute atomic E-state index is 0.817. The highest BCUT2D eigenvalue weighted by Crippen LogP contribution is 2.27. The Bertz CT molecular complexity index is 610. The van der Waals surface area contributed by atoms with Crippen molar-refractivity contribution in [2.24, 2.45) is 0 Å². The Morgan fingerprint density at radius 1 is 1.33 bits per heavy atom. The summed E-state index contributed by atoms with van der Waals surface area (Å²) in [5.41, 5.74) is 0. The van der Waals surface area contributed by atoms with Crippen LogP contribution < -0.4 is 10.1 Å². The van der Waals surface area contributed by atoms with Crippen LogP contribution in [-0.2, 0) is 0 Å². The Morgan fingerprint density at radius 2 is 2.19 bits per heavy atom. The van der Waals surface area contributed by atoms with Crippen molar-refractivity contribution in [3.63, 3.8) is 0 Å². The monoisotopic (exact) mass is 285 g/mol. The maximum absolute atomic E-state index is 5.31. The maximum atomic E-state index is 5.31. The standard InChI is InChI=1S/C17H23N3O/c1-3-20(14-5-6-14)11-10-19-17-16-12-15(21-2)7-4-13(16)8-9-18-17/h4,7-9,12,14H,3,5-6,10-11H2,1-2H3,(H,18,19). The fourth-order valence-corrected chi connectivity index (χ4v) is 2.77. The van der Waals surface area contributed by atoms with E-state index in [1.54, 1.807) is 7.11 Å². The van der Waals surface area contributed by atoms with Crippen molar-refractivity contribution in [1.82, 2.24) is 9.88 Å². The number of methoxy groups -OCH3 is 1. The lowest BCUT2D eigenvalue weighted by atomic mass is 10.1. The number of ether oxygens (including phenoxy) is 1. The van der Waals surface area contributed by atoms with Crippen LogP contribution >= 0.6 is 0 Å². The smallest absolute Gasteiger partial charge is 0.133 e. The Hall–Kier alpha value is -1.81. The van der Waals surface area contributed by atoms with Crippen LogP contribution in [0.1, 0.15) is 19.8 Å². The summed E-state index contributed by atoms with van der Waals surface area (Å²) in [5, 5.41) is 5.78. The molecule has 4 nitrogen and oxygen atoms in total. The van der Waals surface area contributed by atoms with Crippen molar-refractivity contribution in [2.45, 2.75) is 25.8 Å². The van der Waals surface area contributed by atoms with E-state index in [0.29, 0.717) is 0 Å². The number of benzene rings is 1. The molecule has 0 unspecified atom stereocenters. The zero-order valence-electron chi connectivity index (χ0n) is 12.8. The van der Waals surface area contributed by atoms with Crippen LogP contribution in [0, 0.1) is 0 Å². The fraction of sp³-hybridized carbons (Fsp3) is 0.471. The van der Waals surface area contributed by atoms with Crippen LogP contribution in [0.5, 0.6) is 5.75 Å². The number of nitrogens with zero attached hydrogens (tertiary/aromatic N) is 2. The van der Waals surface area contributed by atoms with E-state index >= 15 is 0 Å². The van der Waals surface area contributed by atoms with E-state index in [9.17, 15) is 0 Å². The van der Waals surface area contributed by atoms with Gasteiger partial charge in [0.1, 0.15) is 11.6 Å². The summed E-state index contributed by atoms with van der Waals surface area (Å²) in [5.74, 6) is 1.81. The third-order valence-corrected chi connectivity index (χ3v) is 4.13. The lowest BCUT2D eigenvalue weighted by Crippen LogP contribution is -2.31. The second-order valence-electron chi connectivity index (χ2n) is 5.53. The highest BCUT2D eigenvalue weighted by molar-refractivity contribution is 5.92. The van der Waals surface area contributed by atoms with E-state index < -0.39 is 0 Å². The molecule has 2 aromatic rings. The third-order valence-electron chi connectivity index (χ3n) is 4.13. The third kappa shape index (κ3) is 3.27. The van der Waals surface area contributed by atoms with Gasteiger partial charge in [-0.3, -0.25) is 4.90 Å². The van der Waals surface area contributed by atoms with Gasteiger partial charge in [-0.05, 0) is 43.0 Å². The zero-order valence-corrected chi connectivity index (χ0v) is 12.8. The van der Waals surface area contributed by atoms with Gasteiger partial charge in [0.25, 0.3) is 0 Å². The van der Waals surface area contributed by atoms with Crippen molar-refractivity contribution >= 4 is 16.6 Å². The molecule has 0 spiro atoms. The summed E-state index contributed by atoms with van der Waals surface area (Å²) in [4.78, 5) is 7.02. The molecule has 1 N–H and O–H groups in total. The number of likely N-dealkylation sites (N-methyl/N-ethyl adjacent to an activating group) is 1. The lowest BCUT2D eigenvalue weighted by Gasteiger charge is -2.20. The number of nitrogens with one attached hydrogen (secondary N) is 1. The molecule has 0 amide bonds. The summed E-state index contributed by atoms with van der Waals surface area (Å²) in [7, 11) is 1.69. The van der Waals surface area contributed by atoms with Crippen LogP contribution in [0.15, 0.2) is 30.5 Å². The Kier molecular flexibility index (Phi) is 4.25. The Labute approximate surface area is 126 Å². The average molecular weight is 285 g/mol. The molecule has 1 aromatic carbocycles. The molecule has 4 heteroatoms. The number of aromatic nitrogens is 1. The summed E-state index contributed by atoms with van der Waals surface area (Å²) in [6, 6.07) is 8.95. The van der Waals surface area contributed by atoms with Gasteiger partial charge in [0.2, 0.25) is 0 Å². The van der Waals surface area contributed by atoms with Crippen molar-refractivity contribution in [3.05, 3.63) is 30.5 Å². The van der Waals surface area contributed by atoms with Gasteiger partial charge in [-0.1, -0.05) is 13.0 Å². The summed E-state index contributed by atoms with van der Waals surface area (Å²) >= 11 is 0. The molecular weight excluding hydrogens is 262 g/mol. The molecule has 1 saturated carbocycles. The van der Waals surface area contributed by atoms with E-state index in [2.05, 4.69) is 28.2 Å². The van der Waals surface area contributed by atoms with Crippen molar-refractivity contribution in [3.8, 4) is 5.75 Å². The van der Waals surface area contributed by atoms with Gasteiger partial charge in [-0.2, -0.15) is 0 Å². The van der Waals surface area contributed by atoms with Gasteiger partial charge in [0, 0.05) is 30.7 Å². The first-order valence-electron chi connectivity index (χ1n) is 7.72. The number of anilines is 1. The molecule has 1 aliphatic carbocycles. The van der Waals surface area contributed by atoms with Crippen LogP contribution in [0.4, 0.5) is 5.82 Å². The molecule has 0 saturated heterocycles. The minimum Gasteiger partial charge on any atom is -0.497 e. The van der Waals surface area contributed by atoms with Crippen LogP contribution in [0.3, 0.4) is 0 Å². The molecule has 0 aliphatic heterocycles. The second kappa shape index (κ2) is 6.31. The number of pyridine rings is 1. The fourth-order valence-electron chi connectivity index (χ4n) is 2.77. The normalized spacial score (nSPS) is 14.6. The number of hydrogen-bond donors (Lipinski definition) is 1. The summed E-state index contributed by atoms with van der Waals surface area (Å²) in [6.07, 6.45) is 4.57. The SMILES string of the molecule is CCN(CCNc1nccc2ccc(OC)cc12)C1CC1. The van der Waals surface area contributed by atoms with Gasteiger partial charge in [-0.15, -0.1) is 0 Å². The number of hydrogen-bond acceptors (Lipinski definition) is 4. The summed E-state index contributed by atoms with van der Waals surface area (Å²) < 4.78 is 5.31. The number of fused-ring (bicyclic) bond motifs is 1. The van der Waals surface area contributed by atoms with Crippen molar-refractivity contribution < 1.29 is 4.74 Å². The second-order valence-corrected chi connectivity index (χ2v) is 5.53. The average Bonchev–Trinajstić information content (AvgIpc) is 3.36. The molecule has 1 heterocycles. The van der Waals surface area contributed by atoms with Gasteiger partial charge < -0.3 is 10.1 Å². The van der Waals surface area contributed by atoms with Gasteiger partial charge in [0.15, 0.2) is 0 Å². The van der Waals surface area contributed by atoms with Crippen LogP contribution in [0.25, 0.3) is 10.8 Å². The molecule has 0 radical (unpaired) electrons. The molecule has 1 aromatic heterocycles. The van der Waals surface area contributed by atoms with E-state index in [0.717, 1.165) is 42.6 Å². The maximum Gasteiger partial charge on any atom is 0.133 e. The quantitative estimate of drug-likeness (QED) is 0.848. The van der Waals surface area contributed by atoms with Crippen LogP contribution in [-0.4, -0.2) is 42.7 Å². The molecule has 1 fully saturated rings. The minimum atomic E-state index is 0.817. The molecule has 21 heavy (non-hydrogen) atoms. The van der Waals surface area contributed by atoms with Crippen LogP contribution in [0.2, 0.25) is 0 Å². The molecule has 0 bridgehead atoms. The largest absolute Gasteiger partial charge is 0.497 e. The Balaban J connectivity index is 1.70. The first-order valence-corrected chi connectivity index (χ1v) is 7.72. The van der Waals surface area contributed by atoms with E-state index in [-0.39, 0.29) is 0 Å². The first kappa shape index (κ1) is 14.1. The van der Waals surface area contributed by atoms with Gasteiger partial charge in [0.05, 0.1) is 7.11 Å². The van der Waals surface area contributed by atoms with E-state index in [1.807, 2.05) is 24.4 Å². The Morgan fingerprint density at radius 3 is 2.90 bits per heavy atom. The highest BCUT2D eigenvalue weighted by atomic mass is 16.5. The van der Waals surface area contributed by atoms with Crippen molar-refractivity contribution in [2.75, 3.05) is 32.1 Å². The zero-order chi connectivity index (χ0) is 14.7. The molecule has 112 valence electrons. The molecule has 3 rings (SSSR count). The van der Waals surface area contributed by atoms with Gasteiger partial charge in [-0.25, -0.2) is 4.98 Å². The highest BCUT2D eigenvalue weighted by Gasteiger charge is 2.27. The molecule has 1 aliphatic rings. The molecule has 0 atom stereocenters. The van der Waals surface area contributed by atoms with E-state index in [4.69, 9.17) is 4.74 Å². The van der Waals surface area contributed by atoms with Crippen molar-refractivity contribution in [1.29, 1.82) is 0 Å². The topological polar surface area (TPSA) is 37.4 Å². The van der Waals surface area contributed by atoms with Gasteiger partial charge >= 0.3 is 0 Å². The lowest BCUT2D eigenvalue weighted by molar-refractivity contribution is 0.289. The molecular formula is C17H23N3O. The first-order chi connectivity index (χ1) is 10.3.